The number of carbonyl (C=O) groups is 1. The zero-order valence-corrected chi connectivity index (χ0v) is 17.6. The molecule has 1 amide bonds. The lowest BCUT2D eigenvalue weighted by atomic mass is 10.2. The van der Waals surface area contributed by atoms with E-state index in [9.17, 15) is 17.6 Å². The Morgan fingerprint density at radius 2 is 1.81 bits per heavy atom. The van der Waals surface area contributed by atoms with Gasteiger partial charge in [-0.05, 0) is 54.6 Å². The smallest absolute Gasteiger partial charge is 0.264 e. The third-order valence-electron chi connectivity index (χ3n) is 4.40. The van der Waals surface area contributed by atoms with E-state index in [0.717, 1.165) is 4.31 Å². The molecule has 0 saturated heterocycles. The number of halogens is 1. The molecule has 0 unspecified atom stereocenters. The Balaban J connectivity index is 1.81. The fourth-order valence-corrected chi connectivity index (χ4v) is 4.01. The van der Waals surface area contributed by atoms with Crippen LogP contribution in [0.4, 0.5) is 15.8 Å². The number of nitrogens with zero attached hydrogens (tertiary/aromatic N) is 1. The molecule has 3 aromatic carbocycles. The normalized spacial score (nSPS) is 10.9. The van der Waals surface area contributed by atoms with Gasteiger partial charge in [-0.25, -0.2) is 12.8 Å². The number of carbonyl (C=O) groups excluding carboxylic acids is 1. The van der Waals surface area contributed by atoms with Gasteiger partial charge in [-0.2, -0.15) is 0 Å². The molecule has 1 N–H and O–H groups in total. The second kappa shape index (κ2) is 9.44. The van der Waals surface area contributed by atoms with E-state index in [-0.39, 0.29) is 10.5 Å². The SMILES string of the molecule is C=CCOc1cccc(NC(=O)c2cccc(S(=O)(=O)N(C)c3ccc(F)cc3)c2)c1. The fourth-order valence-electron chi connectivity index (χ4n) is 2.77. The van der Waals surface area contributed by atoms with E-state index in [4.69, 9.17) is 4.74 Å². The van der Waals surface area contributed by atoms with E-state index >= 15 is 0 Å². The van der Waals surface area contributed by atoms with Crippen molar-refractivity contribution in [1.82, 2.24) is 0 Å². The van der Waals surface area contributed by atoms with E-state index < -0.39 is 21.7 Å². The number of benzene rings is 3. The Morgan fingerprint density at radius 3 is 2.52 bits per heavy atom. The summed E-state index contributed by atoms with van der Waals surface area (Å²) in [5.41, 5.74) is 0.974. The number of anilines is 2. The first-order valence-corrected chi connectivity index (χ1v) is 10.7. The molecule has 0 atom stereocenters. The second-order valence-electron chi connectivity index (χ2n) is 6.56. The minimum Gasteiger partial charge on any atom is -0.489 e. The van der Waals surface area contributed by atoms with Crippen LogP contribution >= 0.6 is 0 Å². The topological polar surface area (TPSA) is 75.7 Å². The molecule has 3 rings (SSSR count). The third-order valence-corrected chi connectivity index (χ3v) is 6.19. The molecule has 8 heteroatoms. The van der Waals surface area contributed by atoms with Crippen molar-refractivity contribution >= 4 is 27.3 Å². The first-order chi connectivity index (χ1) is 14.8. The molecule has 0 radical (unpaired) electrons. The van der Waals surface area contributed by atoms with Gasteiger partial charge in [-0.15, -0.1) is 0 Å². The van der Waals surface area contributed by atoms with Crippen LogP contribution < -0.4 is 14.4 Å². The Bertz CT molecular complexity index is 1190. The van der Waals surface area contributed by atoms with Gasteiger partial charge < -0.3 is 10.1 Å². The minimum absolute atomic E-state index is 0.0601. The van der Waals surface area contributed by atoms with Crippen molar-refractivity contribution < 1.29 is 22.3 Å². The average molecular weight is 440 g/mol. The number of hydrogen-bond donors (Lipinski definition) is 1. The van der Waals surface area contributed by atoms with Crippen molar-refractivity contribution in [3.8, 4) is 5.75 Å². The number of amides is 1. The van der Waals surface area contributed by atoms with Crippen molar-refractivity contribution in [1.29, 1.82) is 0 Å². The molecule has 0 aliphatic carbocycles. The molecule has 3 aromatic rings. The molecule has 0 aromatic heterocycles. The minimum atomic E-state index is -3.95. The van der Waals surface area contributed by atoms with Crippen molar-refractivity contribution in [3.63, 3.8) is 0 Å². The maximum absolute atomic E-state index is 13.2. The molecule has 0 aliphatic rings. The first-order valence-electron chi connectivity index (χ1n) is 9.31. The third kappa shape index (κ3) is 5.29. The largest absolute Gasteiger partial charge is 0.489 e. The Hall–Kier alpha value is -3.65. The molecule has 0 saturated carbocycles. The van der Waals surface area contributed by atoms with Gasteiger partial charge in [0, 0.05) is 24.4 Å². The van der Waals surface area contributed by atoms with E-state index in [1.54, 1.807) is 30.3 Å². The molecular formula is C23H21FN2O4S. The summed E-state index contributed by atoms with van der Waals surface area (Å²) in [6, 6.07) is 17.6. The molecule has 0 bridgehead atoms. The number of rotatable bonds is 8. The Labute approximate surface area is 180 Å². The number of hydrogen-bond acceptors (Lipinski definition) is 4. The van der Waals surface area contributed by atoms with Crippen molar-refractivity contribution in [2.24, 2.45) is 0 Å². The summed E-state index contributed by atoms with van der Waals surface area (Å²) in [6.07, 6.45) is 1.61. The van der Waals surface area contributed by atoms with E-state index in [0.29, 0.717) is 23.7 Å². The summed E-state index contributed by atoms with van der Waals surface area (Å²) >= 11 is 0. The summed E-state index contributed by atoms with van der Waals surface area (Å²) in [5.74, 6) is -0.371. The predicted molar refractivity (Wildman–Crippen MR) is 119 cm³/mol. The van der Waals surface area contributed by atoms with Gasteiger partial charge in [0.15, 0.2) is 0 Å². The van der Waals surface area contributed by atoms with Gasteiger partial charge in [0.05, 0.1) is 10.6 Å². The Kier molecular flexibility index (Phi) is 6.71. The molecule has 0 heterocycles. The average Bonchev–Trinajstić information content (AvgIpc) is 2.78. The number of nitrogens with one attached hydrogen (secondary N) is 1. The number of ether oxygens (including phenoxy) is 1. The summed E-state index contributed by atoms with van der Waals surface area (Å²) < 4.78 is 45.6. The lowest BCUT2D eigenvalue weighted by molar-refractivity contribution is 0.102. The van der Waals surface area contributed by atoms with Gasteiger partial charge in [0.2, 0.25) is 0 Å². The monoisotopic (exact) mass is 440 g/mol. The van der Waals surface area contributed by atoms with Crippen molar-refractivity contribution in [3.05, 3.63) is 96.8 Å². The lowest BCUT2D eigenvalue weighted by Crippen LogP contribution is -2.26. The van der Waals surface area contributed by atoms with E-state index in [1.165, 1.54) is 55.6 Å². The highest BCUT2D eigenvalue weighted by Crippen LogP contribution is 2.24. The highest BCUT2D eigenvalue weighted by molar-refractivity contribution is 7.92. The van der Waals surface area contributed by atoms with Crippen LogP contribution in [0.25, 0.3) is 0 Å². The van der Waals surface area contributed by atoms with Crippen molar-refractivity contribution in [2.75, 3.05) is 23.3 Å². The van der Waals surface area contributed by atoms with Gasteiger partial charge in [0.25, 0.3) is 15.9 Å². The zero-order chi connectivity index (χ0) is 22.4. The van der Waals surface area contributed by atoms with Crippen LogP contribution in [0.5, 0.6) is 5.75 Å². The zero-order valence-electron chi connectivity index (χ0n) is 16.8. The maximum Gasteiger partial charge on any atom is 0.264 e. The quantitative estimate of drug-likeness (QED) is 0.525. The van der Waals surface area contributed by atoms with Gasteiger partial charge >= 0.3 is 0 Å². The van der Waals surface area contributed by atoms with Crippen LogP contribution in [-0.4, -0.2) is 28.0 Å². The molecule has 31 heavy (non-hydrogen) atoms. The van der Waals surface area contributed by atoms with Crippen LogP contribution in [0.2, 0.25) is 0 Å². The predicted octanol–water partition coefficient (Wildman–Crippen LogP) is 4.47. The van der Waals surface area contributed by atoms with Crippen LogP contribution in [0.1, 0.15) is 10.4 Å². The summed E-state index contributed by atoms with van der Waals surface area (Å²) in [4.78, 5) is 12.6. The summed E-state index contributed by atoms with van der Waals surface area (Å²) in [7, 11) is -2.58. The standard InChI is InChI=1S/C23H21FN2O4S/c1-3-14-30-21-8-5-7-19(16-21)25-23(27)17-6-4-9-22(15-17)31(28,29)26(2)20-12-10-18(24)11-13-20/h3-13,15-16H,1,14H2,2H3,(H,25,27). The highest BCUT2D eigenvalue weighted by atomic mass is 32.2. The van der Waals surface area contributed by atoms with Gasteiger partial charge in [-0.3, -0.25) is 9.10 Å². The second-order valence-corrected chi connectivity index (χ2v) is 8.53. The fraction of sp³-hybridized carbons (Fsp3) is 0.0870. The lowest BCUT2D eigenvalue weighted by Gasteiger charge is -2.20. The maximum atomic E-state index is 13.2. The van der Waals surface area contributed by atoms with E-state index in [2.05, 4.69) is 11.9 Å². The Morgan fingerprint density at radius 1 is 1.10 bits per heavy atom. The summed E-state index contributed by atoms with van der Waals surface area (Å²) in [6.45, 7) is 3.92. The van der Waals surface area contributed by atoms with Gasteiger partial charge in [-0.1, -0.05) is 24.8 Å². The number of sulfonamides is 1. The molecular weight excluding hydrogens is 419 g/mol. The molecule has 0 aliphatic heterocycles. The molecule has 6 nitrogen and oxygen atoms in total. The highest BCUT2D eigenvalue weighted by Gasteiger charge is 2.22. The van der Waals surface area contributed by atoms with Crippen LogP contribution in [0.15, 0.2) is 90.3 Å². The van der Waals surface area contributed by atoms with Crippen LogP contribution in [0.3, 0.4) is 0 Å². The molecule has 160 valence electrons. The molecule has 0 fully saturated rings. The van der Waals surface area contributed by atoms with Crippen LogP contribution in [0, 0.1) is 5.82 Å². The van der Waals surface area contributed by atoms with Gasteiger partial charge in [0.1, 0.15) is 18.2 Å². The van der Waals surface area contributed by atoms with Crippen molar-refractivity contribution in [2.45, 2.75) is 4.90 Å². The van der Waals surface area contributed by atoms with Crippen LogP contribution in [-0.2, 0) is 10.0 Å². The molecule has 0 spiro atoms. The summed E-state index contributed by atoms with van der Waals surface area (Å²) in [5, 5.41) is 2.73. The van der Waals surface area contributed by atoms with E-state index in [1.807, 2.05) is 0 Å². The first kappa shape index (κ1) is 22.0.